The average molecular weight is 461 g/mol. The van der Waals surface area contributed by atoms with Crippen molar-refractivity contribution in [3.05, 3.63) is 60.2 Å². The molecular formula is C27H32N4O3. The number of ether oxygens (including phenoxy) is 1. The molecule has 34 heavy (non-hydrogen) atoms. The summed E-state index contributed by atoms with van der Waals surface area (Å²) in [5, 5.41) is 4.16. The molecule has 0 bridgehead atoms. The SMILES string of the molecule is COc1ccc(-c2noc(N3CCC[C@@H](C(=O)N4CCC(Cc5ccccc5)CC4)C3)n2)cc1. The smallest absolute Gasteiger partial charge is 0.324 e. The number of hydrogen-bond donors (Lipinski definition) is 0. The van der Waals surface area contributed by atoms with Gasteiger partial charge in [-0.25, -0.2) is 0 Å². The topological polar surface area (TPSA) is 71.7 Å². The summed E-state index contributed by atoms with van der Waals surface area (Å²) in [5.74, 6) is 2.25. The van der Waals surface area contributed by atoms with Crippen molar-refractivity contribution in [1.29, 1.82) is 0 Å². The Hall–Kier alpha value is -3.35. The van der Waals surface area contributed by atoms with Crippen molar-refractivity contribution in [3.63, 3.8) is 0 Å². The van der Waals surface area contributed by atoms with Gasteiger partial charge in [-0.3, -0.25) is 4.79 Å². The Bertz CT molecular complexity index is 1070. The number of aromatic nitrogens is 2. The van der Waals surface area contributed by atoms with Crippen molar-refractivity contribution in [2.75, 3.05) is 38.2 Å². The average Bonchev–Trinajstić information content (AvgIpc) is 3.40. The van der Waals surface area contributed by atoms with Crippen LogP contribution in [0.25, 0.3) is 11.4 Å². The largest absolute Gasteiger partial charge is 0.497 e. The fraction of sp³-hybridized carbons (Fsp3) is 0.444. The van der Waals surface area contributed by atoms with Crippen molar-refractivity contribution in [3.8, 4) is 17.1 Å². The molecule has 2 aliphatic rings. The first-order valence-corrected chi connectivity index (χ1v) is 12.3. The molecule has 5 rings (SSSR count). The normalized spacial score (nSPS) is 19.3. The monoisotopic (exact) mass is 460 g/mol. The molecule has 2 saturated heterocycles. The van der Waals surface area contributed by atoms with Crippen LogP contribution in [-0.2, 0) is 11.2 Å². The van der Waals surface area contributed by atoms with Gasteiger partial charge in [-0.1, -0.05) is 35.5 Å². The van der Waals surface area contributed by atoms with E-state index in [1.165, 1.54) is 5.56 Å². The first-order valence-electron chi connectivity index (χ1n) is 12.3. The molecule has 1 amide bonds. The van der Waals surface area contributed by atoms with Gasteiger partial charge in [0.15, 0.2) is 0 Å². The molecule has 7 nitrogen and oxygen atoms in total. The first kappa shape index (κ1) is 22.4. The van der Waals surface area contributed by atoms with Crippen LogP contribution in [0, 0.1) is 11.8 Å². The van der Waals surface area contributed by atoms with Crippen molar-refractivity contribution in [2.24, 2.45) is 11.8 Å². The summed E-state index contributed by atoms with van der Waals surface area (Å²) >= 11 is 0. The maximum atomic E-state index is 13.3. The zero-order valence-electron chi connectivity index (χ0n) is 19.7. The predicted octanol–water partition coefficient (Wildman–Crippen LogP) is 4.44. The molecule has 3 aromatic rings. The number of hydrogen-bond acceptors (Lipinski definition) is 6. The molecule has 0 unspecified atom stereocenters. The number of nitrogens with zero attached hydrogens (tertiary/aromatic N) is 4. The van der Waals surface area contributed by atoms with E-state index in [2.05, 4.69) is 50.3 Å². The number of likely N-dealkylation sites (tertiary alicyclic amines) is 1. The molecule has 0 radical (unpaired) electrons. The third-order valence-electron chi connectivity index (χ3n) is 7.10. The number of anilines is 1. The van der Waals surface area contributed by atoms with Gasteiger partial charge >= 0.3 is 6.01 Å². The minimum atomic E-state index is -0.0178. The third-order valence-corrected chi connectivity index (χ3v) is 7.10. The van der Waals surface area contributed by atoms with E-state index in [1.807, 2.05) is 24.3 Å². The van der Waals surface area contributed by atoms with E-state index < -0.39 is 0 Å². The Morgan fingerprint density at radius 2 is 1.79 bits per heavy atom. The van der Waals surface area contributed by atoms with Crippen molar-refractivity contribution >= 4 is 11.9 Å². The summed E-state index contributed by atoms with van der Waals surface area (Å²) < 4.78 is 10.8. The highest BCUT2D eigenvalue weighted by Crippen LogP contribution is 2.28. The zero-order chi connectivity index (χ0) is 23.3. The summed E-state index contributed by atoms with van der Waals surface area (Å²) in [5.41, 5.74) is 2.27. The number of piperidine rings is 2. The lowest BCUT2D eigenvalue weighted by atomic mass is 9.89. The van der Waals surface area contributed by atoms with Gasteiger partial charge in [0.25, 0.3) is 0 Å². The molecule has 1 atom stereocenters. The van der Waals surface area contributed by atoms with E-state index in [4.69, 9.17) is 9.26 Å². The first-order chi connectivity index (χ1) is 16.7. The van der Waals surface area contributed by atoms with Crippen LogP contribution >= 0.6 is 0 Å². The predicted molar refractivity (Wildman–Crippen MR) is 131 cm³/mol. The van der Waals surface area contributed by atoms with Crippen LogP contribution in [0.3, 0.4) is 0 Å². The highest BCUT2D eigenvalue weighted by atomic mass is 16.5. The van der Waals surface area contributed by atoms with Gasteiger partial charge < -0.3 is 19.1 Å². The number of methoxy groups -OCH3 is 1. The van der Waals surface area contributed by atoms with Crippen LogP contribution in [0.2, 0.25) is 0 Å². The van der Waals surface area contributed by atoms with E-state index in [9.17, 15) is 4.79 Å². The van der Waals surface area contributed by atoms with Gasteiger partial charge in [-0.2, -0.15) is 4.98 Å². The highest BCUT2D eigenvalue weighted by molar-refractivity contribution is 5.79. The Morgan fingerprint density at radius 1 is 1.03 bits per heavy atom. The Kier molecular flexibility index (Phi) is 6.79. The molecule has 0 N–H and O–H groups in total. The number of amides is 1. The lowest BCUT2D eigenvalue weighted by Gasteiger charge is -2.37. The molecule has 178 valence electrons. The summed E-state index contributed by atoms with van der Waals surface area (Å²) in [6, 6.07) is 18.7. The minimum absolute atomic E-state index is 0.0178. The zero-order valence-corrected chi connectivity index (χ0v) is 19.7. The molecule has 0 saturated carbocycles. The molecule has 7 heteroatoms. The third kappa shape index (κ3) is 5.08. The lowest BCUT2D eigenvalue weighted by molar-refractivity contribution is -0.137. The maximum absolute atomic E-state index is 13.3. The highest BCUT2D eigenvalue weighted by Gasteiger charge is 2.33. The van der Waals surface area contributed by atoms with Gasteiger partial charge in [0, 0.05) is 31.7 Å². The molecule has 3 heterocycles. The fourth-order valence-corrected chi connectivity index (χ4v) is 5.12. The van der Waals surface area contributed by atoms with E-state index >= 15 is 0 Å². The summed E-state index contributed by atoms with van der Waals surface area (Å²) in [7, 11) is 1.64. The van der Waals surface area contributed by atoms with Crippen LogP contribution in [-0.4, -0.2) is 54.2 Å². The van der Waals surface area contributed by atoms with Gasteiger partial charge in [-0.05, 0) is 67.9 Å². The van der Waals surface area contributed by atoms with Gasteiger partial charge in [0.2, 0.25) is 11.7 Å². The molecule has 0 spiro atoms. The van der Waals surface area contributed by atoms with Crippen molar-refractivity contribution < 1.29 is 14.1 Å². The van der Waals surface area contributed by atoms with Crippen LogP contribution in [0.1, 0.15) is 31.2 Å². The molecule has 2 aliphatic heterocycles. The van der Waals surface area contributed by atoms with Gasteiger partial charge in [0.05, 0.1) is 13.0 Å². The number of carbonyl (C=O) groups is 1. The minimum Gasteiger partial charge on any atom is -0.497 e. The van der Waals surface area contributed by atoms with Gasteiger partial charge in [0.1, 0.15) is 5.75 Å². The van der Waals surface area contributed by atoms with Crippen LogP contribution in [0.15, 0.2) is 59.1 Å². The number of carbonyl (C=O) groups excluding carboxylic acids is 1. The quantitative estimate of drug-likeness (QED) is 0.542. The molecule has 1 aromatic heterocycles. The lowest BCUT2D eigenvalue weighted by Crippen LogP contribution is -2.47. The number of rotatable bonds is 6. The van der Waals surface area contributed by atoms with E-state index in [0.29, 0.717) is 24.3 Å². The van der Waals surface area contributed by atoms with Crippen molar-refractivity contribution in [2.45, 2.75) is 32.1 Å². The number of benzene rings is 2. The fourth-order valence-electron chi connectivity index (χ4n) is 5.12. The van der Waals surface area contributed by atoms with Gasteiger partial charge in [-0.15, -0.1) is 0 Å². The van der Waals surface area contributed by atoms with E-state index in [1.54, 1.807) is 7.11 Å². The standard InChI is InChI=1S/C27H32N4O3/c1-33-24-11-9-22(10-12-24)25-28-27(34-29-25)31-15-5-8-23(19-31)26(32)30-16-13-21(14-17-30)18-20-6-3-2-4-7-20/h2-4,6-7,9-12,21,23H,5,8,13-19H2,1H3/t23-/m1/s1. The van der Waals surface area contributed by atoms with Crippen LogP contribution in [0.5, 0.6) is 5.75 Å². The van der Waals surface area contributed by atoms with E-state index in [-0.39, 0.29) is 11.8 Å². The van der Waals surface area contributed by atoms with Crippen LogP contribution < -0.4 is 9.64 Å². The van der Waals surface area contributed by atoms with E-state index in [0.717, 1.165) is 63.1 Å². The molecule has 0 aliphatic carbocycles. The second-order valence-electron chi connectivity index (χ2n) is 9.37. The molecular weight excluding hydrogens is 428 g/mol. The maximum Gasteiger partial charge on any atom is 0.324 e. The summed E-state index contributed by atoms with van der Waals surface area (Å²) in [6.45, 7) is 3.17. The van der Waals surface area contributed by atoms with Crippen LogP contribution in [0.4, 0.5) is 6.01 Å². The molecule has 2 fully saturated rings. The second kappa shape index (κ2) is 10.3. The Morgan fingerprint density at radius 3 is 2.53 bits per heavy atom. The summed E-state index contributed by atoms with van der Waals surface area (Å²) in [4.78, 5) is 22.0. The Balaban J connectivity index is 1.16. The Labute approximate surface area is 200 Å². The molecule has 2 aromatic carbocycles. The summed E-state index contributed by atoms with van der Waals surface area (Å²) in [6.07, 6.45) is 5.12. The second-order valence-corrected chi connectivity index (χ2v) is 9.37. The van der Waals surface area contributed by atoms with Crippen molar-refractivity contribution in [1.82, 2.24) is 15.0 Å².